The van der Waals surface area contributed by atoms with Gasteiger partial charge in [-0.05, 0) is 52.6 Å². The SMILES string of the molecule is COC(=CC=C(C=N)/C=C(\c1ccccc1)c1ccc(OC)cc1)NC=O. The van der Waals surface area contributed by atoms with Gasteiger partial charge in [-0.2, -0.15) is 0 Å². The zero-order valence-electron chi connectivity index (χ0n) is 15.3. The molecule has 0 aromatic heterocycles. The van der Waals surface area contributed by atoms with Crippen LogP contribution in [0.5, 0.6) is 5.75 Å². The van der Waals surface area contributed by atoms with Crippen molar-refractivity contribution in [1.82, 2.24) is 5.32 Å². The first-order valence-corrected chi connectivity index (χ1v) is 8.30. The third-order valence-electron chi connectivity index (χ3n) is 3.81. The third-order valence-corrected chi connectivity index (χ3v) is 3.81. The van der Waals surface area contributed by atoms with Crippen LogP contribution in [0.25, 0.3) is 5.57 Å². The Balaban J connectivity index is 2.50. The van der Waals surface area contributed by atoms with Crippen LogP contribution in [0.3, 0.4) is 0 Å². The van der Waals surface area contributed by atoms with E-state index in [0.717, 1.165) is 22.4 Å². The summed E-state index contributed by atoms with van der Waals surface area (Å²) in [5.74, 6) is 1.07. The molecule has 0 saturated carbocycles. The lowest BCUT2D eigenvalue weighted by atomic mass is 9.95. The van der Waals surface area contributed by atoms with Crippen molar-refractivity contribution in [2.45, 2.75) is 0 Å². The van der Waals surface area contributed by atoms with Gasteiger partial charge in [-0.1, -0.05) is 42.5 Å². The molecule has 0 unspecified atom stereocenters. The summed E-state index contributed by atoms with van der Waals surface area (Å²) in [6.07, 6.45) is 7.00. The van der Waals surface area contributed by atoms with Crippen molar-refractivity contribution in [2.24, 2.45) is 0 Å². The normalized spacial score (nSPS) is 12.3. The first kappa shape index (κ1) is 19.7. The van der Waals surface area contributed by atoms with E-state index in [4.69, 9.17) is 14.9 Å². The van der Waals surface area contributed by atoms with Crippen molar-refractivity contribution in [3.63, 3.8) is 0 Å². The van der Waals surface area contributed by atoms with Gasteiger partial charge in [0.05, 0.1) is 14.2 Å². The fraction of sp³-hybridized carbons (Fsp3) is 0.0909. The maximum absolute atomic E-state index is 10.6. The van der Waals surface area contributed by atoms with Gasteiger partial charge in [-0.25, -0.2) is 0 Å². The fourth-order valence-electron chi connectivity index (χ4n) is 2.43. The molecule has 138 valence electrons. The molecular weight excluding hydrogens is 340 g/mol. The molecule has 0 saturated heterocycles. The molecule has 0 heterocycles. The zero-order chi connectivity index (χ0) is 19.5. The van der Waals surface area contributed by atoms with Crippen LogP contribution in [0.15, 0.2) is 84.3 Å². The number of methoxy groups -OCH3 is 2. The molecule has 0 atom stereocenters. The Labute approximate surface area is 159 Å². The van der Waals surface area contributed by atoms with Gasteiger partial charge >= 0.3 is 0 Å². The minimum atomic E-state index is 0.295. The number of carbonyl (C=O) groups is 1. The molecule has 0 radical (unpaired) electrons. The molecule has 2 N–H and O–H groups in total. The smallest absolute Gasteiger partial charge is 0.213 e. The molecule has 27 heavy (non-hydrogen) atoms. The number of hydrogen-bond acceptors (Lipinski definition) is 4. The Morgan fingerprint density at radius 3 is 2.19 bits per heavy atom. The fourth-order valence-corrected chi connectivity index (χ4v) is 2.43. The van der Waals surface area contributed by atoms with E-state index >= 15 is 0 Å². The number of benzene rings is 2. The molecule has 0 aliphatic heterocycles. The van der Waals surface area contributed by atoms with Gasteiger partial charge in [0, 0.05) is 6.21 Å². The third kappa shape index (κ3) is 5.71. The van der Waals surface area contributed by atoms with Crippen molar-refractivity contribution in [1.29, 1.82) is 5.41 Å². The monoisotopic (exact) mass is 362 g/mol. The molecule has 0 fully saturated rings. The number of hydrogen-bond donors (Lipinski definition) is 2. The first-order chi connectivity index (χ1) is 13.2. The van der Waals surface area contributed by atoms with Crippen LogP contribution in [0.4, 0.5) is 0 Å². The summed E-state index contributed by atoms with van der Waals surface area (Å²) in [4.78, 5) is 10.6. The van der Waals surface area contributed by atoms with E-state index < -0.39 is 0 Å². The van der Waals surface area contributed by atoms with Crippen LogP contribution in [0.1, 0.15) is 11.1 Å². The molecule has 0 aliphatic rings. The number of rotatable bonds is 9. The Hall–Kier alpha value is -3.60. The molecule has 2 aromatic carbocycles. The van der Waals surface area contributed by atoms with Crippen molar-refractivity contribution >= 4 is 18.2 Å². The van der Waals surface area contributed by atoms with Crippen molar-refractivity contribution < 1.29 is 14.3 Å². The van der Waals surface area contributed by atoms with Crippen LogP contribution in [0, 0.1) is 5.41 Å². The Bertz CT molecular complexity index is 851. The van der Waals surface area contributed by atoms with Crippen LogP contribution < -0.4 is 10.1 Å². The van der Waals surface area contributed by atoms with E-state index in [-0.39, 0.29) is 0 Å². The minimum absolute atomic E-state index is 0.295. The summed E-state index contributed by atoms with van der Waals surface area (Å²) in [5, 5.41) is 10.2. The van der Waals surface area contributed by atoms with Crippen molar-refractivity contribution in [3.8, 4) is 5.75 Å². The minimum Gasteiger partial charge on any atom is -0.497 e. The second kappa shape index (κ2) is 10.4. The standard InChI is InChI=1S/C22H22N2O3/c1-26-20-11-9-19(10-12-20)21(18-6-4-3-5-7-18)14-17(15-23)8-13-22(27-2)24-16-25/h3-16,23H,1-2H3,(H,24,25)/b17-8?,21-14+,22-13?,23-15?. The summed E-state index contributed by atoms with van der Waals surface area (Å²) in [6.45, 7) is 0. The van der Waals surface area contributed by atoms with E-state index in [1.165, 1.54) is 13.3 Å². The first-order valence-electron chi connectivity index (χ1n) is 8.30. The van der Waals surface area contributed by atoms with E-state index in [0.29, 0.717) is 17.9 Å². The van der Waals surface area contributed by atoms with E-state index in [9.17, 15) is 4.79 Å². The van der Waals surface area contributed by atoms with E-state index in [1.54, 1.807) is 19.3 Å². The highest BCUT2D eigenvalue weighted by atomic mass is 16.5. The summed E-state index contributed by atoms with van der Waals surface area (Å²) in [7, 11) is 3.09. The quantitative estimate of drug-likeness (QED) is 0.307. The second-order valence-corrected chi connectivity index (χ2v) is 5.46. The largest absolute Gasteiger partial charge is 0.497 e. The van der Waals surface area contributed by atoms with Gasteiger partial charge in [-0.15, -0.1) is 0 Å². The highest BCUT2D eigenvalue weighted by Crippen LogP contribution is 2.26. The Morgan fingerprint density at radius 1 is 0.963 bits per heavy atom. The number of ether oxygens (including phenoxy) is 2. The van der Waals surface area contributed by atoms with Crippen LogP contribution in [0.2, 0.25) is 0 Å². The molecule has 5 nitrogen and oxygen atoms in total. The van der Waals surface area contributed by atoms with Gasteiger partial charge in [0.1, 0.15) is 5.75 Å². The lowest BCUT2D eigenvalue weighted by Gasteiger charge is -2.10. The predicted molar refractivity (Wildman–Crippen MR) is 108 cm³/mol. The van der Waals surface area contributed by atoms with Gasteiger partial charge in [0.2, 0.25) is 6.41 Å². The summed E-state index contributed by atoms with van der Waals surface area (Å²) in [5.41, 5.74) is 3.63. The highest BCUT2D eigenvalue weighted by Gasteiger charge is 2.06. The van der Waals surface area contributed by atoms with Gasteiger partial charge < -0.3 is 14.9 Å². The molecule has 0 aliphatic carbocycles. The molecule has 0 spiro atoms. The maximum Gasteiger partial charge on any atom is 0.213 e. The lowest BCUT2D eigenvalue weighted by Crippen LogP contribution is -2.11. The predicted octanol–water partition coefficient (Wildman–Crippen LogP) is 3.94. The molecule has 0 bridgehead atoms. The highest BCUT2D eigenvalue weighted by molar-refractivity contribution is 5.89. The second-order valence-electron chi connectivity index (χ2n) is 5.46. The van der Waals surface area contributed by atoms with E-state index in [2.05, 4.69) is 5.32 Å². The number of nitrogens with one attached hydrogen (secondary N) is 2. The average molecular weight is 362 g/mol. The average Bonchev–Trinajstić information content (AvgIpc) is 2.73. The van der Waals surface area contributed by atoms with Gasteiger partial charge in [0.25, 0.3) is 0 Å². The zero-order valence-corrected chi connectivity index (χ0v) is 15.3. The van der Waals surface area contributed by atoms with Crippen molar-refractivity contribution in [3.05, 3.63) is 95.4 Å². The Morgan fingerprint density at radius 2 is 1.63 bits per heavy atom. The summed E-state index contributed by atoms with van der Waals surface area (Å²) in [6, 6.07) is 17.7. The summed E-state index contributed by atoms with van der Waals surface area (Å²) >= 11 is 0. The van der Waals surface area contributed by atoms with Gasteiger partial charge in [0.15, 0.2) is 5.88 Å². The molecule has 2 rings (SSSR count). The molecular formula is C22H22N2O3. The molecule has 2 aromatic rings. The van der Waals surface area contributed by atoms with Crippen LogP contribution in [-0.2, 0) is 9.53 Å². The number of carbonyl (C=O) groups excluding carboxylic acids is 1. The van der Waals surface area contributed by atoms with E-state index in [1.807, 2.05) is 60.7 Å². The number of allylic oxidation sites excluding steroid dienone is 4. The topological polar surface area (TPSA) is 71.4 Å². The van der Waals surface area contributed by atoms with Crippen LogP contribution in [-0.4, -0.2) is 26.8 Å². The van der Waals surface area contributed by atoms with Crippen molar-refractivity contribution in [2.75, 3.05) is 14.2 Å². The Kier molecular flexibility index (Phi) is 7.60. The maximum atomic E-state index is 10.6. The van der Waals surface area contributed by atoms with Crippen LogP contribution >= 0.6 is 0 Å². The number of amides is 1. The lowest BCUT2D eigenvalue weighted by molar-refractivity contribution is -0.109. The summed E-state index contributed by atoms with van der Waals surface area (Å²) < 4.78 is 10.3. The van der Waals surface area contributed by atoms with Gasteiger partial charge in [-0.3, -0.25) is 10.1 Å². The molecule has 5 heteroatoms. The molecule has 1 amide bonds.